The van der Waals surface area contributed by atoms with Crippen LogP contribution in [-0.4, -0.2) is 49.0 Å². The predicted octanol–water partition coefficient (Wildman–Crippen LogP) is 2.15. The molecule has 0 aromatic carbocycles. The normalized spacial score (nSPS) is 23.4. The zero-order chi connectivity index (χ0) is 14.4. The fraction of sp³-hybridized carbons (Fsp3) is 0.909. The molecule has 0 aliphatic carbocycles. The highest BCUT2D eigenvalue weighted by Crippen LogP contribution is 2.36. The van der Waals surface area contributed by atoms with Gasteiger partial charge in [0.25, 0.3) is 0 Å². The fourth-order valence-corrected chi connectivity index (χ4v) is 2.98. The quantitative estimate of drug-likeness (QED) is 0.739. The molecule has 1 atom stereocenters. The number of alkyl halides is 3. The molecule has 0 aromatic rings. The zero-order valence-corrected chi connectivity index (χ0v) is 11.6. The van der Waals surface area contributed by atoms with E-state index in [2.05, 4.69) is 22.3 Å². The molecule has 0 radical (unpaired) electrons. The molecule has 8 heteroatoms. The maximum absolute atomic E-state index is 11.8. The van der Waals surface area contributed by atoms with Crippen LogP contribution in [0.15, 0.2) is 0 Å². The Morgan fingerprint density at radius 2 is 2.16 bits per heavy atom. The summed E-state index contributed by atoms with van der Waals surface area (Å²) in [4.78, 5) is 11.4. The average molecular weight is 300 g/mol. The number of nitrogens with one attached hydrogen (secondary N) is 2. The van der Waals surface area contributed by atoms with Gasteiger partial charge < -0.3 is 15.4 Å². The molecule has 19 heavy (non-hydrogen) atoms. The molecule has 0 saturated carbocycles. The SMILES string of the molecule is C[C@@]1(CNC(=O)NCCOCC(F)(F)F)CCCS1. The van der Waals surface area contributed by atoms with Crippen molar-refractivity contribution in [1.82, 2.24) is 10.6 Å². The summed E-state index contributed by atoms with van der Waals surface area (Å²) in [5.74, 6) is 1.10. The smallest absolute Gasteiger partial charge is 0.370 e. The Balaban J connectivity index is 2.02. The second kappa shape index (κ2) is 7.23. The van der Waals surface area contributed by atoms with Crippen LogP contribution in [0.3, 0.4) is 0 Å². The largest absolute Gasteiger partial charge is 0.411 e. The summed E-state index contributed by atoms with van der Waals surface area (Å²) < 4.78 is 39.7. The zero-order valence-electron chi connectivity index (χ0n) is 10.8. The van der Waals surface area contributed by atoms with Crippen molar-refractivity contribution in [2.45, 2.75) is 30.7 Å². The van der Waals surface area contributed by atoms with Crippen molar-refractivity contribution in [1.29, 1.82) is 0 Å². The number of carbonyl (C=O) groups excluding carboxylic acids is 1. The maximum Gasteiger partial charge on any atom is 0.411 e. The van der Waals surface area contributed by atoms with Gasteiger partial charge in [-0.1, -0.05) is 0 Å². The van der Waals surface area contributed by atoms with E-state index in [0.29, 0.717) is 6.54 Å². The summed E-state index contributed by atoms with van der Waals surface area (Å²) >= 11 is 1.83. The summed E-state index contributed by atoms with van der Waals surface area (Å²) in [6.45, 7) is 1.28. The van der Waals surface area contributed by atoms with Crippen molar-refractivity contribution >= 4 is 17.8 Å². The first-order valence-corrected chi connectivity index (χ1v) is 7.09. The van der Waals surface area contributed by atoms with E-state index >= 15 is 0 Å². The van der Waals surface area contributed by atoms with Crippen LogP contribution < -0.4 is 10.6 Å². The third-order valence-corrected chi connectivity index (χ3v) is 4.26. The van der Waals surface area contributed by atoms with Gasteiger partial charge in [-0.3, -0.25) is 0 Å². The monoisotopic (exact) mass is 300 g/mol. The molecular formula is C11H19F3N2O2S. The Kier molecular flexibility index (Phi) is 6.25. The molecule has 0 unspecified atom stereocenters. The molecule has 2 amide bonds. The van der Waals surface area contributed by atoms with Crippen molar-refractivity contribution in [2.75, 3.05) is 32.1 Å². The van der Waals surface area contributed by atoms with Gasteiger partial charge in [-0.05, 0) is 25.5 Å². The molecule has 1 heterocycles. The summed E-state index contributed by atoms with van der Waals surface area (Å²) in [5.41, 5.74) is 0. The highest BCUT2D eigenvalue weighted by Gasteiger charge is 2.29. The number of rotatable bonds is 6. The van der Waals surface area contributed by atoms with E-state index in [-0.39, 0.29) is 23.9 Å². The van der Waals surface area contributed by atoms with Gasteiger partial charge in [0.1, 0.15) is 6.61 Å². The lowest BCUT2D eigenvalue weighted by Crippen LogP contribution is -2.43. The summed E-state index contributed by atoms with van der Waals surface area (Å²) in [6.07, 6.45) is -2.11. The highest BCUT2D eigenvalue weighted by atomic mass is 32.2. The predicted molar refractivity (Wildman–Crippen MR) is 68.4 cm³/mol. The minimum atomic E-state index is -4.32. The molecule has 1 rings (SSSR count). The van der Waals surface area contributed by atoms with E-state index in [1.807, 2.05) is 11.8 Å². The van der Waals surface area contributed by atoms with Gasteiger partial charge >= 0.3 is 12.2 Å². The number of thioether (sulfide) groups is 1. The standard InChI is InChI=1S/C11H19F3N2O2S/c1-10(3-2-6-19-10)7-16-9(17)15-4-5-18-8-11(12,13)14/h2-8H2,1H3,(H2,15,16,17)/t10-/m0/s1. The van der Waals surface area contributed by atoms with Crippen LogP contribution in [0.4, 0.5) is 18.0 Å². The van der Waals surface area contributed by atoms with Gasteiger partial charge in [0, 0.05) is 17.8 Å². The van der Waals surface area contributed by atoms with Crippen molar-refractivity contribution in [3.63, 3.8) is 0 Å². The van der Waals surface area contributed by atoms with Crippen molar-refractivity contribution in [3.05, 3.63) is 0 Å². The van der Waals surface area contributed by atoms with Gasteiger partial charge in [0.05, 0.1) is 6.61 Å². The first-order valence-electron chi connectivity index (χ1n) is 6.11. The van der Waals surface area contributed by atoms with E-state index in [0.717, 1.165) is 18.6 Å². The van der Waals surface area contributed by atoms with Gasteiger partial charge in [0.15, 0.2) is 0 Å². The topological polar surface area (TPSA) is 50.4 Å². The van der Waals surface area contributed by atoms with Crippen LogP contribution in [0.1, 0.15) is 19.8 Å². The van der Waals surface area contributed by atoms with Crippen LogP contribution in [0.5, 0.6) is 0 Å². The minimum Gasteiger partial charge on any atom is -0.370 e. The molecule has 1 aliphatic heterocycles. The molecule has 1 saturated heterocycles. The molecular weight excluding hydrogens is 281 g/mol. The Morgan fingerprint density at radius 1 is 1.42 bits per heavy atom. The molecule has 112 valence electrons. The number of hydrogen-bond acceptors (Lipinski definition) is 3. The summed E-state index contributed by atoms with van der Waals surface area (Å²) in [6, 6.07) is -0.371. The molecule has 0 aromatic heterocycles. The Hall–Kier alpha value is -0.630. The van der Waals surface area contributed by atoms with Crippen LogP contribution in [0, 0.1) is 0 Å². The van der Waals surface area contributed by atoms with Gasteiger partial charge in [-0.2, -0.15) is 24.9 Å². The number of amides is 2. The lowest BCUT2D eigenvalue weighted by Gasteiger charge is -2.22. The molecule has 1 fully saturated rings. The first kappa shape index (κ1) is 16.4. The van der Waals surface area contributed by atoms with Gasteiger partial charge in [0.2, 0.25) is 0 Å². The van der Waals surface area contributed by atoms with Crippen molar-refractivity contribution in [2.24, 2.45) is 0 Å². The number of halogens is 3. The fourth-order valence-electron chi connectivity index (χ4n) is 1.73. The van der Waals surface area contributed by atoms with Crippen LogP contribution in [-0.2, 0) is 4.74 Å². The van der Waals surface area contributed by atoms with Crippen molar-refractivity contribution < 1.29 is 22.7 Å². The Bertz CT molecular complexity index is 294. The van der Waals surface area contributed by atoms with Gasteiger partial charge in [-0.25, -0.2) is 4.79 Å². The van der Waals surface area contributed by atoms with E-state index < -0.39 is 12.8 Å². The lowest BCUT2D eigenvalue weighted by molar-refractivity contribution is -0.173. The summed E-state index contributed by atoms with van der Waals surface area (Å²) in [7, 11) is 0. The molecule has 0 bridgehead atoms. The number of urea groups is 1. The molecule has 4 nitrogen and oxygen atoms in total. The molecule has 0 spiro atoms. The Labute approximate surface area is 114 Å². The van der Waals surface area contributed by atoms with Crippen LogP contribution >= 0.6 is 11.8 Å². The first-order chi connectivity index (χ1) is 8.81. The number of hydrogen-bond donors (Lipinski definition) is 2. The van der Waals surface area contributed by atoms with E-state index in [9.17, 15) is 18.0 Å². The van der Waals surface area contributed by atoms with E-state index in [4.69, 9.17) is 0 Å². The maximum atomic E-state index is 11.8. The average Bonchev–Trinajstić information content (AvgIpc) is 2.72. The Morgan fingerprint density at radius 3 is 2.74 bits per heavy atom. The van der Waals surface area contributed by atoms with E-state index in [1.54, 1.807) is 0 Å². The molecule has 1 aliphatic rings. The number of carbonyl (C=O) groups is 1. The molecule has 2 N–H and O–H groups in total. The second-order valence-electron chi connectivity index (χ2n) is 4.68. The minimum absolute atomic E-state index is 0.0613. The van der Waals surface area contributed by atoms with E-state index in [1.165, 1.54) is 0 Å². The third-order valence-electron chi connectivity index (χ3n) is 2.72. The van der Waals surface area contributed by atoms with Crippen molar-refractivity contribution in [3.8, 4) is 0 Å². The lowest BCUT2D eigenvalue weighted by atomic mass is 10.1. The third kappa shape index (κ3) is 7.51. The van der Waals surface area contributed by atoms with Crippen LogP contribution in [0.2, 0.25) is 0 Å². The number of ether oxygens (including phenoxy) is 1. The second-order valence-corrected chi connectivity index (χ2v) is 6.36. The van der Waals surface area contributed by atoms with Crippen LogP contribution in [0.25, 0.3) is 0 Å². The summed E-state index contributed by atoms with van der Waals surface area (Å²) in [5, 5.41) is 5.18. The van der Waals surface area contributed by atoms with Gasteiger partial charge in [-0.15, -0.1) is 0 Å². The highest BCUT2D eigenvalue weighted by molar-refractivity contribution is 8.00.